The molecule has 20 heavy (non-hydrogen) atoms. The van der Waals surface area contributed by atoms with Gasteiger partial charge in [0, 0.05) is 51.0 Å². The zero-order valence-electron chi connectivity index (χ0n) is 12.0. The van der Waals surface area contributed by atoms with Gasteiger partial charge >= 0.3 is 0 Å². The molecule has 0 unspecified atom stereocenters. The van der Waals surface area contributed by atoms with E-state index in [2.05, 4.69) is 51.8 Å². The Morgan fingerprint density at radius 1 is 1.25 bits per heavy atom. The van der Waals surface area contributed by atoms with Gasteiger partial charge in [-0.05, 0) is 12.0 Å². The van der Waals surface area contributed by atoms with Crippen molar-refractivity contribution in [1.29, 1.82) is 0 Å². The van der Waals surface area contributed by atoms with Crippen molar-refractivity contribution in [3.63, 3.8) is 0 Å². The molecule has 106 valence electrons. The molecule has 4 heteroatoms. The van der Waals surface area contributed by atoms with Crippen molar-refractivity contribution in [1.82, 2.24) is 20.0 Å². The van der Waals surface area contributed by atoms with Crippen LogP contribution in [-0.4, -0.2) is 33.8 Å². The van der Waals surface area contributed by atoms with E-state index in [9.17, 15) is 0 Å². The fourth-order valence-electron chi connectivity index (χ4n) is 2.81. The maximum absolute atomic E-state index is 4.20. The average Bonchev–Trinajstić information content (AvgIpc) is 3.07. The van der Waals surface area contributed by atoms with Crippen LogP contribution in [-0.2, 0) is 20.1 Å². The Balaban J connectivity index is 1.45. The van der Waals surface area contributed by atoms with E-state index in [1.165, 1.54) is 24.1 Å². The van der Waals surface area contributed by atoms with Crippen LogP contribution in [0.15, 0.2) is 42.7 Å². The molecule has 0 saturated carbocycles. The summed E-state index contributed by atoms with van der Waals surface area (Å²) >= 11 is 0. The fraction of sp³-hybridized carbons (Fsp3) is 0.438. The molecule has 1 aliphatic rings. The van der Waals surface area contributed by atoms with Crippen LogP contribution in [0.25, 0.3) is 0 Å². The first kappa shape index (κ1) is 13.3. The third-order valence-corrected chi connectivity index (χ3v) is 3.87. The van der Waals surface area contributed by atoms with E-state index >= 15 is 0 Å². The first-order valence-electron chi connectivity index (χ1n) is 7.27. The molecule has 0 aliphatic carbocycles. The van der Waals surface area contributed by atoms with Crippen LogP contribution in [0.5, 0.6) is 0 Å². The van der Waals surface area contributed by atoms with Gasteiger partial charge in [-0.2, -0.15) is 5.10 Å². The number of hydrogen-bond donors (Lipinski definition) is 1. The third-order valence-electron chi connectivity index (χ3n) is 3.87. The second-order valence-electron chi connectivity index (χ2n) is 5.61. The molecule has 1 N–H and O–H groups in total. The average molecular weight is 270 g/mol. The van der Waals surface area contributed by atoms with Crippen molar-refractivity contribution in [3.05, 3.63) is 53.9 Å². The predicted molar refractivity (Wildman–Crippen MR) is 80.2 cm³/mol. The summed E-state index contributed by atoms with van der Waals surface area (Å²) in [7, 11) is 1.96. The summed E-state index contributed by atoms with van der Waals surface area (Å²) in [6.07, 6.45) is 5.24. The Hall–Kier alpha value is -1.65. The maximum Gasteiger partial charge on any atom is 0.0534 e. The first-order valence-corrected chi connectivity index (χ1v) is 7.27. The Morgan fingerprint density at radius 2 is 2.10 bits per heavy atom. The lowest BCUT2D eigenvalue weighted by atomic mass is 10.2. The largest absolute Gasteiger partial charge is 0.308 e. The summed E-state index contributed by atoms with van der Waals surface area (Å²) in [6, 6.07) is 11.3. The van der Waals surface area contributed by atoms with Crippen molar-refractivity contribution < 1.29 is 0 Å². The van der Waals surface area contributed by atoms with Crippen molar-refractivity contribution in [2.75, 3.05) is 13.1 Å². The summed E-state index contributed by atoms with van der Waals surface area (Å²) in [5, 5.41) is 7.83. The molecule has 1 aliphatic heterocycles. The molecule has 1 aromatic carbocycles. The topological polar surface area (TPSA) is 33.1 Å². The van der Waals surface area contributed by atoms with Crippen LogP contribution >= 0.6 is 0 Å². The number of likely N-dealkylation sites (tertiary alicyclic amines) is 1. The normalized spacial score (nSPS) is 19.6. The Bertz CT molecular complexity index is 534. The lowest BCUT2D eigenvalue weighted by Gasteiger charge is -2.16. The lowest BCUT2D eigenvalue weighted by Crippen LogP contribution is -2.31. The minimum atomic E-state index is 0.596. The number of hydrogen-bond acceptors (Lipinski definition) is 3. The fourth-order valence-corrected chi connectivity index (χ4v) is 2.81. The number of aryl methyl sites for hydroxylation is 1. The van der Waals surface area contributed by atoms with Gasteiger partial charge in [0.15, 0.2) is 0 Å². The molecule has 2 heterocycles. The molecule has 1 fully saturated rings. The van der Waals surface area contributed by atoms with Crippen molar-refractivity contribution in [2.24, 2.45) is 7.05 Å². The number of nitrogens with zero attached hydrogens (tertiary/aromatic N) is 3. The highest BCUT2D eigenvalue weighted by Gasteiger charge is 2.21. The number of aromatic nitrogens is 2. The van der Waals surface area contributed by atoms with Gasteiger partial charge in [0.1, 0.15) is 0 Å². The minimum absolute atomic E-state index is 0.596. The third kappa shape index (κ3) is 3.46. The molecule has 0 radical (unpaired) electrons. The van der Waals surface area contributed by atoms with Gasteiger partial charge in [0.2, 0.25) is 0 Å². The van der Waals surface area contributed by atoms with Crippen molar-refractivity contribution in [3.8, 4) is 0 Å². The Morgan fingerprint density at radius 3 is 2.85 bits per heavy atom. The van der Waals surface area contributed by atoms with Gasteiger partial charge in [-0.1, -0.05) is 30.3 Å². The van der Waals surface area contributed by atoms with Gasteiger partial charge in [-0.15, -0.1) is 0 Å². The minimum Gasteiger partial charge on any atom is -0.308 e. The van der Waals surface area contributed by atoms with Crippen LogP contribution in [0.4, 0.5) is 0 Å². The molecule has 2 aromatic rings. The molecular formula is C16H22N4. The van der Waals surface area contributed by atoms with Gasteiger partial charge in [0.05, 0.1) is 6.20 Å². The highest BCUT2D eigenvalue weighted by atomic mass is 15.2. The summed E-state index contributed by atoms with van der Waals surface area (Å²) in [5.74, 6) is 0. The molecule has 1 saturated heterocycles. The van der Waals surface area contributed by atoms with Crippen LogP contribution in [0.3, 0.4) is 0 Å². The van der Waals surface area contributed by atoms with Crippen LogP contribution in [0.1, 0.15) is 17.5 Å². The molecule has 1 atom stereocenters. The van der Waals surface area contributed by atoms with E-state index in [0.717, 1.165) is 19.6 Å². The van der Waals surface area contributed by atoms with E-state index in [1.807, 2.05) is 17.9 Å². The van der Waals surface area contributed by atoms with E-state index in [-0.39, 0.29) is 0 Å². The van der Waals surface area contributed by atoms with E-state index in [0.29, 0.717) is 6.04 Å². The van der Waals surface area contributed by atoms with Gasteiger partial charge in [-0.25, -0.2) is 0 Å². The molecule has 0 bridgehead atoms. The smallest absolute Gasteiger partial charge is 0.0534 e. The van der Waals surface area contributed by atoms with Crippen molar-refractivity contribution in [2.45, 2.75) is 25.6 Å². The monoisotopic (exact) mass is 270 g/mol. The summed E-state index contributed by atoms with van der Waals surface area (Å²) in [4.78, 5) is 2.52. The molecular weight excluding hydrogens is 248 g/mol. The Kier molecular flexibility index (Phi) is 4.14. The van der Waals surface area contributed by atoms with E-state index in [1.54, 1.807) is 0 Å². The molecule has 0 spiro atoms. The van der Waals surface area contributed by atoms with Gasteiger partial charge < -0.3 is 5.32 Å². The van der Waals surface area contributed by atoms with E-state index < -0.39 is 0 Å². The predicted octanol–water partition coefficient (Wildman–Crippen LogP) is 1.78. The zero-order valence-corrected chi connectivity index (χ0v) is 12.0. The second-order valence-corrected chi connectivity index (χ2v) is 5.61. The summed E-state index contributed by atoms with van der Waals surface area (Å²) in [5.41, 5.74) is 2.66. The SMILES string of the molecule is Cn1cc(CN[C@H]2CCN(Cc3ccccc3)C2)cn1. The summed E-state index contributed by atoms with van der Waals surface area (Å²) < 4.78 is 1.85. The number of rotatable bonds is 5. The number of benzene rings is 1. The zero-order chi connectivity index (χ0) is 13.8. The highest BCUT2D eigenvalue weighted by molar-refractivity contribution is 5.14. The molecule has 3 rings (SSSR count). The Labute approximate surface area is 120 Å². The number of nitrogens with one attached hydrogen (secondary N) is 1. The summed E-state index contributed by atoms with van der Waals surface area (Å²) in [6.45, 7) is 4.29. The quantitative estimate of drug-likeness (QED) is 0.899. The molecule has 1 aromatic heterocycles. The standard InChI is InChI=1S/C16H22N4/c1-19-11-15(10-18-19)9-17-16-7-8-20(13-16)12-14-5-3-2-4-6-14/h2-6,10-11,16-17H,7-9,12-13H2,1H3/t16-/m0/s1. The molecule has 0 amide bonds. The van der Waals surface area contributed by atoms with Crippen LogP contribution in [0, 0.1) is 0 Å². The van der Waals surface area contributed by atoms with Crippen LogP contribution in [0.2, 0.25) is 0 Å². The van der Waals surface area contributed by atoms with Gasteiger partial charge in [-0.3, -0.25) is 9.58 Å². The van der Waals surface area contributed by atoms with E-state index in [4.69, 9.17) is 0 Å². The first-order chi connectivity index (χ1) is 9.79. The highest BCUT2D eigenvalue weighted by Crippen LogP contribution is 2.13. The molecule has 4 nitrogen and oxygen atoms in total. The maximum atomic E-state index is 4.20. The van der Waals surface area contributed by atoms with Gasteiger partial charge in [0.25, 0.3) is 0 Å². The second kappa shape index (κ2) is 6.20. The van der Waals surface area contributed by atoms with Crippen LogP contribution < -0.4 is 5.32 Å². The van der Waals surface area contributed by atoms with Crippen molar-refractivity contribution >= 4 is 0 Å². The lowest BCUT2D eigenvalue weighted by molar-refractivity contribution is 0.320.